The van der Waals surface area contributed by atoms with E-state index in [1.165, 1.54) is 4.68 Å². The average Bonchev–Trinajstić information content (AvgIpc) is 3.25. The van der Waals surface area contributed by atoms with Crippen LogP contribution in [0.1, 0.15) is 26.7 Å². The SMILES string of the molecule is Cc1ccsc1C=Nc1cnn(C)c1C(=O)NCc1ccco1. The van der Waals surface area contributed by atoms with E-state index in [0.29, 0.717) is 23.7 Å². The Morgan fingerprint density at radius 3 is 3.09 bits per heavy atom. The van der Waals surface area contributed by atoms with Gasteiger partial charge in [0.1, 0.15) is 11.4 Å². The van der Waals surface area contributed by atoms with Gasteiger partial charge in [0, 0.05) is 18.1 Å². The lowest BCUT2D eigenvalue weighted by Crippen LogP contribution is -2.25. The molecule has 0 fully saturated rings. The highest BCUT2D eigenvalue weighted by atomic mass is 32.1. The summed E-state index contributed by atoms with van der Waals surface area (Å²) in [6.45, 7) is 2.35. The van der Waals surface area contributed by atoms with Gasteiger partial charge >= 0.3 is 0 Å². The van der Waals surface area contributed by atoms with Crippen LogP contribution in [0.3, 0.4) is 0 Å². The zero-order chi connectivity index (χ0) is 16.2. The molecule has 1 N–H and O–H groups in total. The van der Waals surface area contributed by atoms with Crippen LogP contribution >= 0.6 is 11.3 Å². The maximum atomic E-state index is 12.4. The first-order valence-electron chi connectivity index (χ1n) is 7.06. The molecule has 6 nitrogen and oxygen atoms in total. The highest BCUT2D eigenvalue weighted by Gasteiger charge is 2.16. The topological polar surface area (TPSA) is 72.4 Å². The summed E-state index contributed by atoms with van der Waals surface area (Å²) in [5.74, 6) is 0.455. The van der Waals surface area contributed by atoms with Crippen LogP contribution in [0.5, 0.6) is 0 Å². The summed E-state index contributed by atoms with van der Waals surface area (Å²) in [6.07, 6.45) is 4.92. The van der Waals surface area contributed by atoms with E-state index >= 15 is 0 Å². The summed E-state index contributed by atoms with van der Waals surface area (Å²) in [4.78, 5) is 17.9. The molecule has 0 aliphatic rings. The van der Waals surface area contributed by atoms with Crippen molar-refractivity contribution in [3.8, 4) is 0 Å². The van der Waals surface area contributed by atoms with Gasteiger partial charge in [0.05, 0.1) is 19.0 Å². The smallest absolute Gasteiger partial charge is 0.272 e. The molecule has 1 amide bonds. The number of aromatic nitrogens is 2. The molecular formula is C16H16N4O2S. The first-order valence-corrected chi connectivity index (χ1v) is 7.94. The van der Waals surface area contributed by atoms with Crippen LogP contribution in [0.4, 0.5) is 5.69 Å². The Morgan fingerprint density at radius 1 is 1.52 bits per heavy atom. The van der Waals surface area contributed by atoms with Crippen LogP contribution in [-0.2, 0) is 13.6 Å². The van der Waals surface area contributed by atoms with Crippen molar-refractivity contribution in [3.05, 3.63) is 57.9 Å². The number of hydrogen-bond acceptors (Lipinski definition) is 5. The Balaban J connectivity index is 1.77. The van der Waals surface area contributed by atoms with Crippen molar-refractivity contribution in [2.75, 3.05) is 0 Å². The minimum absolute atomic E-state index is 0.239. The minimum atomic E-state index is -0.239. The summed E-state index contributed by atoms with van der Waals surface area (Å²) in [5, 5.41) is 8.95. The predicted octanol–water partition coefficient (Wildman–Crippen LogP) is 3.06. The summed E-state index contributed by atoms with van der Waals surface area (Å²) in [5.41, 5.74) is 2.12. The summed E-state index contributed by atoms with van der Waals surface area (Å²) < 4.78 is 6.73. The molecular weight excluding hydrogens is 312 g/mol. The molecule has 0 aliphatic heterocycles. The monoisotopic (exact) mass is 328 g/mol. The van der Waals surface area contributed by atoms with Gasteiger partial charge in [0.25, 0.3) is 5.91 Å². The molecule has 23 heavy (non-hydrogen) atoms. The fraction of sp³-hybridized carbons (Fsp3) is 0.188. The Labute approximate surface area is 137 Å². The normalized spacial score (nSPS) is 11.2. The van der Waals surface area contributed by atoms with Crippen LogP contribution in [0.25, 0.3) is 0 Å². The third-order valence-corrected chi connectivity index (χ3v) is 4.31. The molecule has 0 spiro atoms. The van der Waals surface area contributed by atoms with Gasteiger partial charge in [-0.1, -0.05) is 0 Å². The van der Waals surface area contributed by atoms with Crippen LogP contribution in [-0.4, -0.2) is 21.9 Å². The summed E-state index contributed by atoms with van der Waals surface area (Å²) in [6, 6.07) is 5.62. The lowest BCUT2D eigenvalue weighted by molar-refractivity contribution is 0.0939. The third-order valence-electron chi connectivity index (χ3n) is 3.36. The van der Waals surface area contributed by atoms with E-state index in [1.54, 1.807) is 43.1 Å². The fourth-order valence-electron chi connectivity index (χ4n) is 2.09. The van der Waals surface area contributed by atoms with Gasteiger partial charge in [-0.3, -0.25) is 14.5 Å². The number of nitrogens with zero attached hydrogens (tertiary/aromatic N) is 3. The van der Waals surface area contributed by atoms with Gasteiger partial charge < -0.3 is 9.73 Å². The number of rotatable bonds is 5. The van der Waals surface area contributed by atoms with E-state index < -0.39 is 0 Å². The van der Waals surface area contributed by atoms with Crippen molar-refractivity contribution in [1.82, 2.24) is 15.1 Å². The van der Waals surface area contributed by atoms with Crippen molar-refractivity contribution in [2.45, 2.75) is 13.5 Å². The molecule has 3 heterocycles. The van der Waals surface area contributed by atoms with Crippen LogP contribution in [0, 0.1) is 6.92 Å². The highest BCUT2D eigenvalue weighted by molar-refractivity contribution is 7.11. The number of amides is 1. The summed E-state index contributed by atoms with van der Waals surface area (Å²) >= 11 is 1.61. The lowest BCUT2D eigenvalue weighted by Gasteiger charge is -2.04. The Bertz CT molecular complexity index is 830. The van der Waals surface area contributed by atoms with E-state index in [2.05, 4.69) is 15.4 Å². The number of carbonyl (C=O) groups is 1. The van der Waals surface area contributed by atoms with Gasteiger partial charge in [0.2, 0.25) is 0 Å². The highest BCUT2D eigenvalue weighted by Crippen LogP contribution is 2.20. The molecule has 3 aromatic rings. The van der Waals surface area contributed by atoms with Gasteiger partial charge in [-0.15, -0.1) is 11.3 Å². The van der Waals surface area contributed by atoms with Crippen molar-refractivity contribution in [2.24, 2.45) is 12.0 Å². The van der Waals surface area contributed by atoms with Gasteiger partial charge in [-0.05, 0) is 36.1 Å². The molecule has 0 saturated carbocycles. The molecule has 0 atom stereocenters. The zero-order valence-electron chi connectivity index (χ0n) is 12.8. The third kappa shape index (κ3) is 3.40. The van der Waals surface area contributed by atoms with E-state index in [1.807, 2.05) is 24.4 Å². The largest absolute Gasteiger partial charge is 0.467 e. The van der Waals surface area contributed by atoms with Gasteiger partial charge in [0.15, 0.2) is 5.69 Å². The minimum Gasteiger partial charge on any atom is -0.467 e. The molecule has 0 aliphatic carbocycles. The molecule has 118 valence electrons. The van der Waals surface area contributed by atoms with Crippen molar-refractivity contribution in [3.63, 3.8) is 0 Å². The number of nitrogens with one attached hydrogen (secondary N) is 1. The van der Waals surface area contributed by atoms with Gasteiger partial charge in [-0.2, -0.15) is 5.10 Å². The second-order valence-corrected chi connectivity index (χ2v) is 5.94. The van der Waals surface area contributed by atoms with E-state index in [9.17, 15) is 4.79 Å². The number of thiophene rings is 1. The van der Waals surface area contributed by atoms with Crippen LogP contribution in [0.15, 0.2) is 45.4 Å². The molecule has 0 bridgehead atoms. The second-order valence-electron chi connectivity index (χ2n) is 4.99. The van der Waals surface area contributed by atoms with E-state index in [4.69, 9.17) is 4.42 Å². The quantitative estimate of drug-likeness (QED) is 0.732. The molecule has 3 aromatic heterocycles. The lowest BCUT2D eigenvalue weighted by atomic mass is 10.3. The number of carbonyl (C=O) groups excluding carboxylic acids is 1. The predicted molar refractivity (Wildman–Crippen MR) is 89.4 cm³/mol. The number of aryl methyl sites for hydroxylation is 2. The maximum Gasteiger partial charge on any atom is 0.272 e. The second kappa shape index (κ2) is 6.62. The molecule has 7 heteroatoms. The Kier molecular flexibility index (Phi) is 4.38. The molecule has 3 rings (SSSR count). The number of hydrogen-bond donors (Lipinski definition) is 1. The number of furan rings is 1. The van der Waals surface area contributed by atoms with Crippen molar-refractivity contribution in [1.29, 1.82) is 0 Å². The Morgan fingerprint density at radius 2 is 2.39 bits per heavy atom. The molecule has 0 radical (unpaired) electrons. The fourth-order valence-corrected chi connectivity index (χ4v) is 2.88. The molecule has 0 saturated heterocycles. The van der Waals surface area contributed by atoms with E-state index in [0.717, 1.165) is 10.4 Å². The number of aliphatic imine (C=N–C) groups is 1. The van der Waals surface area contributed by atoms with Crippen LogP contribution in [0.2, 0.25) is 0 Å². The maximum absolute atomic E-state index is 12.4. The zero-order valence-corrected chi connectivity index (χ0v) is 13.6. The first-order chi connectivity index (χ1) is 11.1. The van der Waals surface area contributed by atoms with Gasteiger partial charge in [-0.25, -0.2) is 0 Å². The average molecular weight is 328 g/mol. The standard InChI is InChI=1S/C16H16N4O2S/c1-11-5-7-23-14(11)10-17-13-9-19-20(2)15(13)16(21)18-8-12-4-3-6-22-12/h3-7,9-10H,8H2,1-2H3,(H,18,21). The molecule has 0 aromatic carbocycles. The van der Waals surface area contributed by atoms with Crippen LogP contribution < -0.4 is 5.32 Å². The first kappa shape index (κ1) is 15.2. The van der Waals surface area contributed by atoms with E-state index in [-0.39, 0.29) is 5.91 Å². The summed E-state index contributed by atoms with van der Waals surface area (Å²) in [7, 11) is 1.72. The van der Waals surface area contributed by atoms with Crippen molar-refractivity contribution < 1.29 is 9.21 Å². The Hall–Kier alpha value is -2.67. The molecule has 0 unspecified atom stereocenters. The van der Waals surface area contributed by atoms with Crippen molar-refractivity contribution >= 4 is 29.1 Å².